The van der Waals surface area contributed by atoms with Gasteiger partial charge in [-0.1, -0.05) is 18.5 Å². The highest BCUT2D eigenvalue weighted by molar-refractivity contribution is 7.89. The summed E-state index contributed by atoms with van der Waals surface area (Å²) in [6.07, 6.45) is 1.06. The Labute approximate surface area is 129 Å². The van der Waals surface area contributed by atoms with Crippen molar-refractivity contribution in [3.63, 3.8) is 0 Å². The summed E-state index contributed by atoms with van der Waals surface area (Å²) >= 11 is 5.83. The third-order valence-corrected chi connectivity index (χ3v) is 4.63. The molecule has 0 unspecified atom stereocenters. The molecule has 1 aromatic carbocycles. The van der Waals surface area contributed by atoms with E-state index in [2.05, 4.69) is 19.9 Å². The van der Waals surface area contributed by atoms with Gasteiger partial charge in [-0.05, 0) is 30.7 Å². The van der Waals surface area contributed by atoms with E-state index in [-0.39, 0.29) is 5.75 Å². The first kappa shape index (κ1) is 15.9. The van der Waals surface area contributed by atoms with Crippen molar-refractivity contribution in [3.8, 4) is 11.4 Å². The average molecular weight is 329 g/mol. The molecule has 0 saturated heterocycles. The van der Waals surface area contributed by atoms with E-state index in [9.17, 15) is 8.42 Å². The summed E-state index contributed by atoms with van der Waals surface area (Å²) in [5.41, 5.74) is 0.855. The van der Waals surface area contributed by atoms with Gasteiger partial charge in [-0.2, -0.15) is 5.10 Å². The van der Waals surface area contributed by atoms with E-state index in [1.807, 2.05) is 19.1 Å². The Kier molecular flexibility index (Phi) is 5.33. The van der Waals surface area contributed by atoms with Crippen LogP contribution < -0.4 is 4.72 Å². The van der Waals surface area contributed by atoms with Crippen LogP contribution in [-0.2, 0) is 16.4 Å². The molecule has 0 saturated carbocycles. The van der Waals surface area contributed by atoms with Crippen LogP contribution in [0, 0.1) is 0 Å². The molecule has 0 aliphatic heterocycles. The van der Waals surface area contributed by atoms with E-state index < -0.39 is 10.0 Å². The summed E-state index contributed by atoms with van der Waals surface area (Å²) in [4.78, 5) is 4.33. The number of nitrogens with zero attached hydrogens (tertiary/aromatic N) is 2. The summed E-state index contributed by atoms with van der Waals surface area (Å²) in [7, 11) is -3.18. The molecule has 21 heavy (non-hydrogen) atoms. The fraction of sp³-hybridized carbons (Fsp3) is 0.385. The lowest BCUT2D eigenvalue weighted by molar-refractivity contribution is 0.579. The maximum absolute atomic E-state index is 11.5. The molecule has 2 aromatic rings. The number of nitrogens with one attached hydrogen (secondary N) is 2. The molecule has 0 radical (unpaired) electrons. The number of hydrogen-bond acceptors (Lipinski definition) is 4. The summed E-state index contributed by atoms with van der Waals surface area (Å²) in [5, 5.41) is 7.57. The fourth-order valence-electron chi connectivity index (χ4n) is 1.80. The first-order valence-electron chi connectivity index (χ1n) is 6.65. The van der Waals surface area contributed by atoms with Crippen molar-refractivity contribution < 1.29 is 8.42 Å². The quantitative estimate of drug-likeness (QED) is 0.813. The molecule has 0 spiro atoms. The average Bonchev–Trinajstić information content (AvgIpc) is 2.88. The number of halogens is 1. The van der Waals surface area contributed by atoms with Gasteiger partial charge in [-0.15, -0.1) is 0 Å². The number of aromatic nitrogens is 3. The zero-order valence-electron chi connectivity index (χ0n) is 11.6. The fourth-order valence-corrected chi connectivity index (χ4v) is 3.02. The van der Waals surface area contributed by atoms with Crippen LogP contribution in [0.5, 0.6) is 0 Å². The minimum atomic E-state index is -3.18. The molecule has 0 bridgehead atoms. The smallest absolute Gasteiger partial charge is 0.211 e. The van der Waals surface area contributed by atoms with Crippen LogP contribution in [0.3, 0.4) is 0 Å². The molecule has 1 aromatic heterocycles. The maximum atomic E-state index is 11.5. The molecule has 0 fully saturated rings. The zero-order valence-corrected chi connectivity index (χ0v) is 13.2. The Balaban J connectivity index is 1.93. The molecule has 1 heterocycles. The van der Waals surface area contributed by atoms with Crippen molar-refractivity contribution in [2.75, 3.05) is 12.3 Å². The standard InChI is InChI=1S/C13H17ClN4O2S/c1-2-9-21(19,20)15-8-7-12-16-13(18-17-12)10-3-5-11(14)6-4-10/h3-6,15H,2,7-9H2,1H3,(H,16,17,18). The van der Waals surface area contributed by atoms with Gasteiger partial charge < -0.3 is 0 Å². The molecular formula is C13H17ClN4O2S. The number of aromatic amines is 1. The number of benzene rings is 1. The topological polar surface area (TPSA) is 87.7 Å². The van der Waals surface area contributed by atoms with Gasteiger partial charge in [0.15, 0.2) is 5.82 Å². The Morgan fingerprint density at radius 2 is 2.00 bits per heavy atom. The van der Waals surface area contributed by atoms with Crippen LogP contribution in [0.2, 0.25) is 5.02 Å². The van der Waals surface area contributed by atoms with Gasteiger partial charge >= 0.3 is 0 Å². The van der Waals surface area contributed by atoms with Crippen molar-refractivity contribution in [1.82, 2.24) is 19.9 Å². The van der Waals surface area contributed by atoms with Crippen LogP contribution in [0.1, 0.15) is 19.2 Å². The van der Waals surface area contributed by atoms with Crippen LogP contribution in [0.25, 0.3) is 11.4 Å². The van der Waals surface area contributed by atoms with Crippen LogP contribution in [-0.4, -0.2) is 35.9 Å². The normalized spacial score (nSPS) is 11.7. The molecule has 2 N–H and O–H groups in total. The lowest BCUT2D eigenvalue weighted by Crippen LogP contribution is -2.28. The van der Waals surface area contributed by atoms with Crippen LogP contribution in [0.4, 0.5) is 0 Å². The summed E-state index contributed by atoms with van der Waals surface area (Å²) in [6.45, 7) is 2.13. The molecular weight excluding hydrogens is 312 g/mol. The number of H-pyrrole nitrogens is 1. The molecule has 8 heteroatoms. The maximum Gasteiger partial charge on any atom is 0.211 e. The van der Waals surface area contributed by atoms with E-state index >= 15 is 0 Å². The highest BCUT2D eigenvalue weighted by Gasteiger charge is 2.09. The Morgan fingerprint density at radius 3 is 2.67 bits per heavy atom. The van der Waals surface area contributed by atoms with Crippen LogP contribution in [0.15, 0.2) is 24.3 Å². The lowest BCUT2D eigenvalue weighted by atomic mass is 10.2. The van der Waals surface area contributed by atoms with E-state index in [4.69, 9.17) is 11.6 Å². The summed E-state index contributed by atoms with van der Waals surface area (Å²) in [5.74, 6) is 1.34. The SMILES string of the molecule is CCCS(=O)(=O)NCCc1nc(-c2ccc(Cl)cc2)n[nH]1. The lowest BCUT2D eigenvalue weighted by Gasteiger charge is -2.03. The molecule has 0 aliphatic rings. The van der Waals surface area contributed by atoms with E-state index in [1.54, 1.807) is 12.1 Å². The van der Waals surface area contributed by atoms with Crippen molar-refractivity contribution in [2.45, 2.75) is 19.8 Å². The van der Waals surface area contributed by atoms with Crippen molar-refractivity contribution in [3.05, 3.63) is 35.1 Å². The largest absolute Gasteiger partial charge is 0.263 e. The first-order valence-corrected chi connectivity index (χ1v) is 8.68. The van der Waals surface area contributed by atoms with Crippen molar-refractivity contribution in [2.24, 2.45) is 0 Å². The van der Waals surface area contributed by atoms with Crippen LogP contribution >= 0.6 is 11.6 Å². The van der Waals surface area contributed by atoms with Gasteiger partial charge in [0.2, 0.25) is 10.0 Å². The van der Waals surface area contributed by atoms with Gasteiger partial charge in [0.25, 0.3) is 0 Å². The summed E-state index contributed by atoms with van der Waals surface area (Å²) < 4.78 is 25.6. The Bertz CT molecular complexity index is 682. The highest BCUT2D eigenvalue weighted by atomic mass is 35.5. The predicted molar refractivity (Wildman–Crippen MR) is 82.6 cm³/mol. The second-order valence-electron chi connectivity index (χ2n) is 4.58. The van der Waals surface area contributed by atoms with Crippen molar-refractivity contribution >= 4 is 21.6 Å². The minimum absolute atomic E-state index is 0.138. The Hall–Kier alpha value is -1.44. The Morgan fingerprint density at radius 1 is 1.29 bits per heavy atom. The van der Waals surface area contributed by atoms with E-state index in [0.29, 0.717) is 36.1 Å². The van der Waals surface area contributed by atoms with Gasteiger partial charge in [-0.25, -0.2) is 18.1 Å². The third-order valence-electron chi connectivity index (χ3n) is 2.79. The van der Waals surface area contributed by atoms with Crippen molar-refractivity contribution in [1.29, 1.82) is 0 Å². The highest BCUT2D eigenvalue weighted by Crippen LogP contribution is 2.17. The molecule has 2 rings (SSSR count). The van der Waals surface area contributed by atoms with Gasteiger partial charge in [0, 0.05) is 23.6 Å². The van der Waals surface area contributed by atoms with E-state index in [1.165, 1.54) is 0 Å². The second-order valence-corrected chi connectivity index (χ2v) is 6.94. The molecule has 0 atom stereocenters. The van der Waals surface area contributed by atoms with Gasteiger partial charge in [0.05, 0.1) is 5.75 Å². The molecule has 6 nitrogen and oxygen atoms in total. The first-order chi connectivity index (χ1) is 10.00. The third kappa shape index (κ3) is 4.80. The molecule has 0 amide bonds. The van der Waals surface area contributed by atoms with E-state index in [0.717, 1.165) is 5.56 Å². The predicted octanol–water partition coefficient (Wildman–Crippen LogP) is 2.00. The van der Waals surface area contributed by atoms with Gasteiger partial charge in [-0.3, -0.25) is 5.10 Å². The number of rotatable bonds is 7. The second kappa shape index (κ2) is 7.02. The number of sulfonamides is 1. The number of hydrogen-bond donors (Lipinski definition) is 2. The van der Waals surface area contributed by atoms with Gasteiger partial charge in [0.1, 0.15) is 5.82 Å². The monoisotopic (exact) mass is 328 g/mol. The molecule has 0 aliphatic carbocycles. The summed E-state index contributed by atoms with van der Waals surface area (Å²) in [6, 6.07) is 7.20. The minimum Gasteiger partial charge on any atom is -0.263 e. The molecule has 114 valence electrons. The zero-order chi connectivity index (χ0) is 15.3.